The van der Waals surface area contributed by atoms with Gasteiger partial charge in [-0.15, -0.1) is 0 Å². The standard InChI is InChI=1S/C13H13BrO5/c1-2-12(16)18-8-9(7-15)19-13(17)10-5-3-4-6-11(10)14/h2-6,9,15H,1,7-8H2. The van der Waals surface area contributed by atoms with E-state index in [0.29, 0.717) is 10.0 Å². The van der Waals surface area contributed by atoms with Crippen molar-refractivity contribution in [2.24, 2.45) is 0 Å². The van der Waals surface area contributed by atoms with E-state index in [9.17, 15) is 9.59 Å². The van der Waals surface area contributed by atoms with Crippen LogP contribution in [0, 0.1) is 0 Å². The SMILES string of the molecule is C=CC(=O)OCC(CO)OC(=O)c1ccccc1Br. The van der Waals surface area contributed by atoms with E-state index in [4.69, 9.17) is 14.6 Å². The maximum absolute atomic E-state index is 11.8. The third-order valence-electron chi connectivity index (χ3n) is 2.15. The van der Waals surface area contributed by atoms with Crippen LogP contribution >= 0.6 is 15.9 Å². The first-order valence-electron chi connectivity index (χ1n) is 5.44. The van der Waals surface area contributed by atoms with E-state index < -0.39 is 24.6 Å². The molecule has 102 valence electrons. The molecule has 1 atom stereocenters. The number of esters is 2. The van der Waals surface area contributed by atoms with Gasteiger partial charge in [0.25, 0.3) is 0 Å². The van der Waals surface area contributed by atoms with Gasteiger partial charge in [0.2, 0.25) is 0 Å². The van der Waals surface area contributed by atoms with Gasteiger partial charge in [-0.3, -0.25) is 0 Å². The molecular formula is C13H13BrO5. The summed E-state index contributed by atoms with van der Waals surface area (Å²) in [6.45, 7) is 2.57. The second-order valence-electron chi connectivity index (χ2n) is 3.52. The molecular weight excluding hydrogens is 316 g/mol. The predicted molar refractivity (Wildman–Crippen MR) is 71.6 cm³/mol. The number of carbonyl (C=O) groups excluding carboxylic acids is 2. The van der Waals surface area contributed by atoms with Crippen molar-refractivity contribution in [2.75, 3.05) is 13.2 Å². The first-order chi connectivity index (χ1) is 9.08. The molecule has 0 aliphatic heterocycles. The lowest BCUT2D eigenvalue weighted by Gasteiger charge is -2.15. The monoisotopic (exact) mass is 328 g/mol. The number of ether oxygens (including phenoxy) is 2. The number of aliphatic hydroxyl groups excluding tert-OH is 1. The lowest BCUT2D eigenvalue weighted by atomic mass is 10.2. The number of aliphatic hydroxyl groups is 1. The molecule has 0 aliphatic rings. The van der Waals surface area contributed by atoms with Crippen LogP contribution in [-0.4, -0.2) is 36.4 Å². The zero-order valence-corrected chi connectivity index (χ0v) is 11.6. The van der Waals surface area contributed by atoms with Crippen LogP contribution in [0.25, 0.3) is 0 Å². The summed E-state index contributed by atoms with van der Waals surface area (Å²) < 4.78 is 10.3. The van der Waals surface area contributed by atoms with E-state index in [1.807, 2.05) is 0 Å². The van der Waals surface area contributed by atoms with Gasteiger partial charge >= 0.3 is 11.9 Å². The zero-order valence-electron chi connectivity index (χ0n) is 10.0. The van der Waals surface area contributed by atoms with Crippen LogP contribution in [0.3, 0.4) is 0 Å². The molecule has 0 saturated heterocycles. The molecule has 0 radical (unpaired) electrons. The normalized spacial score (nSPS) is 11.5. The van der Waals surface area contributed by atoms with E-state index in [0.717, 1.165) is 6.08 Å². The number of benzene rings is 1. The molecule has 0 saturated carbocycles. The molecule has 0 amide bonds. The second kappa shape index (κ2) is 7.70. The molecule has 0 aliphatic carbocycles. The Kier molecular flexibility index (Phi) is 6.24. The van der Waals surface area contributed by atoms with E-state index in [1.165, 1.54) is 0 Å². The lowest BCUT2D eigenvalue weighted by molar-refractivity contribution is -0.141. The van der Waals surface area contributed by atoms with Crippen LogP contribution in [0.4, 0.5) is 0 Å². The topological polar surface area (TPSA) is 72.8 Å². The van der Waals surface area contributed by atoms with Crippen molar-refractivity contribution in [3.63, 3.8) is 0 Å². The van der Waals surface area contributed by atoms with Crippen molar-refractivity contribution in [1.82, 2.24) is 0 Å². The Bertz CT molecular complexity index is 472. The summed E-state index contributed by atoms with van der Waals surface area (Å²) in [5.41, 5.74) is 0.330. The number of hydrogen-bond donors (Lipinski definition) is 1. The quantitative estimate of drug-likeness (QED) is 0.635. The summed E-state index contributed by atoms with van der Waals surface area (Å²) in [5, 5.41) is 9.07. The van der Waals surface area contributed by atoms with Crippen molar-refractivity contribution >= 4 is 27.9 Å². The minimum atomic E-state index is -0.913. The van der Waals surface area contributed by atoms with Crippen molar-refractivity contribution in [2.45, 2.75) is 6.10 Å². The Hall–Kier alpha value is -1.66. The lowest BCUT2D eigenvalue weighted by Crippen LogP contribution is -2.28. The Morgan fingerprint density at radius 1 is 1.42 bits per heavy atom. The van der Waals surface area contributed by atoms with Crippen LogP contribution in [-0.2, 0) is 14.3 Å². The first-order valence-corrected chi connectivity index (χ1v) is 6.23. The smallest absolute Gasteiger partial charge is 0.339 e. The van der Waals surface area contributed by atoms with E-state index in [-0.39, 0.29) is 6.61 Å². The highest BCUT2D eigenvalue weighted by atomic mass is 79.9. The Balaban J connectivity index is 2.61. The van der Waals surface area contributed by atoms with Gasteiger partial charge in [0, 0.05) is 10.5 Å². The molecule has 1 aromatic carbocycles. The summed E-state index contributed by atoms with van der Waals surface area (Å²) in [5.74, 6) is -1.25. The van der Waals surface area contributed by atoms with Gasteiger partial charge in [-0.2, -0.15) is 0 Å². The molecule has 0 aromatic heterocycles. The summed E-state index contributed by atoms with van der Waals surface area (Å²) in [6.07, 6.45) is 0.0767. The fraction of sp³-hybridized carbons (Fsp3) is 0.231. The highest BCUT2D eigenvalue weighted by molar-refractivity contribution is 9.10. The number of hydrogen-bond acceptors (Lipinski definition) is 5. The zero-order chi connectivity index (χ0) is 14.3. The highest BCUT2D eigenvalue weighted by Gasteiger charge is 2.18. The maximum Gasteiger partial charge on any atom is 0.339 e. The van der Waals surface area contributed by atoms with Crippen LogP contribution in [0.1, 0.15) is 10.4 Å². The van der Waals surface area contributed by atoms with Gasteiger partial charge in [0.05, 0.1) is 12.2 Å². The van der Waals surface area contributed by atoms with Crippen LogP contribution < -0.4 is 0 Å². The van der Waals surface area contributed by atoms with Crippen molar-refractivity contribution in [3.8, 4) is 0 Å². The molecule has 0 fully saturated rings. The molecule has 1 aromatic rings. The first kappa shape index (κ1) is 15.4. The molecule has 6 heteroatoms. The minimum Gasteiger partial charge on any atom is -0.458 e. The predicted octanol–water partition coefficient (Wildman–Crippen LogP) is 1.70. The van der Waals surface area contributed by atoms with Crippen LogP contribution in [0.2, 0.25) is 0 Å². The Morgan fingerprint density at radius 3 is 2.68 bits per heavy atom. The molecule has 5 nitrogen and oxygen atoms in total. The third-order valence-corrected chi connectivity index (χ3v) is 2.84. The summed E-state index contributed by atoms with van der Waals surface area (Å²) in [6, 6.07) is 6.72. The van der Waals surface area contributed by atoms with Crippen LogP contribution in [0.15, 0.2) is 41.4 Å². The minimum absolute atomic E-state index is 0.225. The second-order valence-corrected chi connectivity index (χ2v) is 4.38. The highest BCUT2D eigenvalue weighted by Crippen LogP contribution is 2.17. The Labute approximate surface area is 119 Å². The van der Waals surface area contributed by atoms with Crippen molar-refractivity contribution in [3.05, 3.63) is 47.0 Å². The number of carbonyl (C=O) groups is 2. The van der Waals surface area contributed by atoms with Gasteiger partial charge in [0.15, 0.2) is 6.10 Å². The van der Waals surface area contributed by atoms with E-state index in [2.05, 4.69) is 22.5 Å². The maximum atomic E-state index is 11.8. The number of halogens is 1. The average molecular weight is 329 g/mol. The van der Waals surface area contributed by atoms with Crippen molar-refractivity contribution in [1.29, 1.82) is 0 Å². The summed E-state index contributed by atoms with van der Waals surface area (Å²) in [4.78, 5) is 22.7. The molecule has 0 heterocycles. The fourth-order valence-electron chi connectivity index (χ4n) is 1.20. The molecule has 19 heavy (non-hydrogen) atoms. The summed E-state index contributed by atoms with van der Waals surface area (Å²) >= 11 is 3.22. The summed E-state index contributed by atoms with van der Waals surface area (Å²) in [7, 11) is 0. The molecule has 0 bridgehead atoms. The van der Waals surface area contributed by atoms with Gasteiger partial charge in [0.1, 0.15) is 6.61 Å². The van der Waals surface area contributed by atoms with Gasteiger partial charge in [-0.05, 0) is 28.1 Å². The molecule has 1 unspecified atom stereocenters. The van der Waals surface area contributed by atoms with E-state index in [1.54, 1.807) is 24.3 Å². The van der Waals surface area contributed by atoms with Gasteiger partial charge in [-0.25, -0.2) is 9.59 Å². The largest absolute Gasteiger partial charge is 0.458 e. The Morgan fingerprint density at radius 2 is 2.11 bits per heavy atom. The van der Waals surface area contributed by atoms with Crippen LogP contribution in [0.5, 0.6) is 0 Å². The van der Waals surface area contributed by atoms with E-state index >= 15 is 0 Å². The fourth-order valence-corrected chi connectivity index (χ4v) is 1.65. The average Bonchev–Trinajstić information content (AvgIpc) is 2.43. The number of rotatable bonds is 6. The third kappa shape index (κ3) is 4.84. The molecule has 1 N–H and O–H groups in total. The van der Waals surface area contributed by atoms with Crippen molar-refractivity contribution < 1.29 is 24.2 Å². The van der Waals surface area contributed by atoms with Gasteiger partial charge < -0.3 is 14.6 Å². The molecule has 0 spiro atoms. The van der Waals surface area contributed by atoms with Gasteiger partial charge in [-0.1, -0.05) is 18.7 Å². The molecule has 1 rings (SSSR count).